The Morgan fingerprint density at radius 3 is 2.85 bits per heavy atom. The molecule has 1 aromatic carbocycles. The molecule has 0 atom stereocenters. The first-order valence-electron chi connectivity index (χ1n) is 4.52. The minimum Gasteiger partial charge on any atom is -0.492 e. The van der Waals surface area contributed by atoms with Crippen molar-refractivity contribution in [3.8, 4) is 11.8 Å². The zero-order valence-electron chi connectivity index (χ0n) is 7.36. The third-order valence-corrected chi connectivity index (χ3v) is 2.18. The van der Waals surface area contributed by atoms with Crippen LogP contribution in [0.2, 0.25) is 0 Å². The Morgan fingerprint density at radius 2 is 2.15 bits per heavy atom. The molecule has 1 aliphatic rings. The van der Waals surface area contributed by atoms with Crippen LogP contribution in [0.5, 0.6) is 5.75 Å². The summed E-state index contributed by atoms with van der Waals surface area (Å²) in [7, 11) is 0. The smallest absolute Gasteiger partial charge is 0.137 e. The van der Waals surface area contributed by atoms with Crippen LogP contribution in [0.4, 0.5) is 0 Å². The Morgan fingerprint density at radius 1 is 1.38 bits per heavy atom. The molecule has 0 unspecified atom stereocenters. The predicted octanol–water partition coefficient (Wildman–Crippen LogP) is 2.35. The first kappa shape index (κ1) is 8.12. The highest BCUT2D eigenvalue weighted by molar-refractivity contribution is 5.42. The summed E-state index contributed by atoms with van der Waals surface area (Å²) in [6, 6.07) is 9.48. The highest BCUT2D eigenvalue weighted by Crippen LogP contribution is 2.30. The monoisotopic (exact) mass is 173 g/mol. The van der Waals surface area contributed by atoms with E-state index in [-0.39, 0.29) is 0 Å². The van der Waals surface area contributed by atoms with Crippen molar-refractivity contribution in [3.63, 3.8) is 0 Å². The number of rotatable bonds is 3. The molecule has 0 aromatic heterocycles. The average molecular weight is 173 g/mol. The van der Waals surface area contributed by atoms with E-state index in [1.54, 1.807) is 6.07 Å². The fraction of sp³-hybridized carbons (Fsp3) is 0.364. The maximum Gasteiger partial charge on any atom is 0.137 e. The Hall–Kier alpha value is -1.49. The quantitative estimate of drug-likeness (QED) is 0.702. The Labute approximate surface area is 77.8 Å². The second kappa shape index (κ2) is 3.49. The number of nitriles is 1. The minimum atomic E-state index is 0.628. The highest BCUT2D eigenvalue weighted by Gasteiger charge is 2.22. The van der Waals surface area contributed by atoms with Gasteiger partial charge in [-0.1, -0.05) is 12.1 Å². The maximum atomic E-state index is 8.77. The van der Waals surface area contributed by atoms with Gasteiger partial charge in [0.05, 0.1) is 12.2 Å². The van der Waals surface area contributed by atoms with Crippen molar-refractivity contribution in [2.75, 3.05) is 6.61 Å². The third-order valence-electron chi connectivity index (χ3n) is 2.18. The molecule has 1 saturated carbocycles. The first-order chi connectivity index (χ1) is 6.40. The highest BCUT2D eigenvalue weighted by atomic mass is 16.5. The van der Waals surface area contributed by atoms with Crippen LogP contribution in [0.15, 0.2) is 24.3 Å². The topological polar surface area (TPSA) is 33.0 Å². The van der Waals surface area contributed by atoms with Crippen molar-refractivity contribution in [3.05, 3.63) is 29.8 Å². The van der Waals surface area contributed by atoms with Crippen LogP contribution in [0.1, 0.15) is 18.4 Å². The van der Waals surface area contributed by atoms with Gasteiger partial charge in [0.2, 0.25) is 0 Å². The van der Waals surface area contributed by atoms with E-state index in [9.17, 15) is 0 Å². The van der Waals surface area contributed by atoms with Crippen LogP contribution in [0.3, 0.4) is 0 Å². The number of benzene rings is 1. The van der Waals surface area contributed by atoms with Crippen LogP contribution < -0.4 is 4.74 Å². The van der Waals surface area contributed by atoms with Gasteiger partial charge in [0.1, 0.15) is 11.8 Å². The number of nitrogens with zero attached hydrogens (tertiary/aromatic N) is 1. The standard InChI is InChI=1S/C11H11NO/c12-7-10-3-1-2-4-11(10)13-8-9-5-6-9/h1-4,9H,5-6,8H2. The van der Waals surface area contributed by atoms with Crippen LogP contribution in [-0.2, 0) is 0 Å². The molecule has 0 heterocycles. The SMILES string of the molecule is N#Cc1ccccc1OCC1CC1. The largest absolute Gasteiger partial charge is 0.492 e. The van der Waals surface area contributed by atoms with E-state index in [0.29, 0.717) is 5.56 Å². The second-order valence-corrected chi connectivity index (χ2v) is 3.36. The molecule has 1 fully saturated rings. The summed E-state index contributed by atoms with van der Waals surface area (Å²) in [5.74, 6) is 1.45. The van der Waals surface area contributed by atoms with E-state index >= 15 is 0 Å². The van der Waals surface area contributed by atoms with E-state index < -0.39 is 0 Å². The number of hydrogen-bond acceptors (Lipinski definition) is 2. The molecule has 2 nitrogen and oxygen atoms in total. The molecule has 0 spiro atoms. The summed E-state index contributed by atoms with van der Waals surface area (Å²) in [4.78, 5) is 0. The summed E-state index contributed by atoms with van der Waals surface area (Å²) in [6.07, 6.45) is 2.55. The summed E-state index contributed by atoms with van der Waals surface area (Å²) in [5.41, 5.74) is 0.628. The molecular weight excluding hydrogens is 162 g/mol. The Kier molecular flexibility index (Phi) is 2.18. The van der Waals surface area contributed by atoms with Gasteiger partial charge in [0.25, 0.3) is 0 Å². The minimum absolute atomic E-state index is 0.628. The van der Waals surface area contributed by atoms with E-state index in [1.807, 2.05) is 18.2 Å². The fourth-order valence-electron chi connectivity index (χ4n) is 1.18. The van der Waals surface area contributed by atoms with Gasteiger partial charge in [-0.3, -0.25) is 0 Å². The normalized spacial score (nSPS) is 15.0. The number of para-hydroxylation sites is 1. The molecule has 0 radical (unpaired) electrons. The Balaban J connectivity index is 2.05. The van der Waals surface area contributed by atoms with Crippen molar-refractivity contribution < 1.29 is 4.74 Å². The zero-order chi connectivity index (χ0) is 9.10. The summed E-state index contributed by atoms with van der Waals surface area (Å²) < 4.78 is 5.53. The van der Waals surface area contributed by atoms with Gasteiger partial charge < -0.3 is 4.74 Å². The van der Waals surface area contributed by atoms with E-state index in [0.717, 1.165) is 18.3 Å². The van der Waals surface area contributed by atoms with Crippen molar-refractivity contribution in [1.29, 1.82) is 5.26 Å². The van der Waals surface area contributed by atoms with Gasteiger partial charge >= 0.3 is 0 Å². The summed E-state index contributed by atoms with van der Waals surface area (Å²) in [6.45, 7) is 0.763. The second-order valence-electron chi connectivity index (χ2n) is 3.36. The predicted molar refractivity (Wildman–Crippen MR) is 49.4 cm³/mol. The molecular formula is C11H11NO. The van der Waals surface area contributed by atoms with Gasteiger partial charge in [-0.2, -0.15) is 5.26 Å². The van der Waals surface area contributed by atoms with Crippen LogP contribution in [0, 0.1) is 17.2 Å². The molecule has 0 aliphatic heterocycles. The van der Waals surface area contributed by atoms with Gasteiger partial charge in [-0.05, 0) is 30.9 Å². The molecule has 0 saturated heterocycles. The van der Waals surface area contributed by atoms with Gasteiger partial charge in [-0.25, -0.2) is 0 Å². The molecule has 66 valence electrons. The first-order valence-corrected chi connectivity index (χ1v) is 4.52. The molecule has 0 amide bonds. The third kappa shape index (κ3) is 2.00. The lowest BCUT2D eigenvalue weighted by Gasteiger charge is -2.05. The molecule has 0 bridgehead atoms. The molecule has 13 heavy (non-hydrogen) atoms. The lowest BCUT2D eigenvalue weighted by atomic mass is 10.2. The van der Waals surface area contributed by atoms with Gasteiger partial charge in [0, 0.05) is 0 Å². The fourth-order valence-corrected chi connectivity index (χ4v) is 1.18. The van der Waals surface area contributed by atoms with E-state index in [1.165, 1.54) is 12.8 Å². The summed E-state index contributed by atoms with van der Waals surface area (Å²) in [5, 5.41) is 8.77. The summed E-state index contributed by atoms with van der Waals surface area (Å²) >= 11 is 0. The van der Waals surface area contributed by atoms with Crippen molar-refractivity contribution in [2.24, 2.45) is 5.92 Å². The molecule has 1 aromatic rings. The zero-order valence-corrected chi connectivity index (χ0v) is 7.36. The molecule has 2 heteroatoms. The van der Waals surface area contributed by atoms with Crippen molar-refractivity contribution >= 4 is 0 Å². The van der Waals surface area contributed by atoms with Crippen LogP contribution in [-0.4, -0.2) is 6.61 Å². The molecule has 1 aliphatic carbocycles. The van der Waals surface area contributed by atoms with Crippen LogP contribution in [0.25, 0.3) is 0 Å². The lowest BCUT2D eigenvalue weighted by molar-refractivity contribution is 0.299. The molecule has 0 N–H and O–H groups in total. The van der Waals surface area contributed by atoms with Crippen molar-refractivity contribution in [1.82, 2.24) is 0 Å². The number of hydrogen-bond donors (Lipinski definition) is 0. The molecule has 2 rings (SSSR count). The average Bonchev–Trinajstić information content (AvgIpc) is 2.99. The Bertz CT molecular complexity index is 336. The van der Waals surface area contributed by atoms with Crippen LogP contribution >= 0.6 is 0 Å². The van der Waals surface area contributed by atoms with Crippen molar-refractivity contribution in [2.45, 2.75) is 12.8 Å². The lowest BCUT2D eigenvalue weighted by Crippen LogP contribution is -2.00. The van der Waals surface area contributed by atoms with E-state index in [2.05, 4.69) is 6.07 Å². The maximum absolute atomic E-state index is 8.77. The van der Waals surface area contributed by atoms with Gasteiger partial charge in [-0.15, -0.1) is 0 Å². The van der Waals surface area contributed by atoms with E-state index in [4.69, 9.17) is 10.00 Å². The number of ether oxygens (including phenoxy) is 1. The van der Waals surface area contributed by atoms with Gasteiger partial charge in [0.15, 0.2) is 0 Å².